The number of nitrogens with one attached hydrogen (secondary N) is 1. The quantitative estimate of drug-likeness (QED) is 0.934. The molecule has 4 heteroatoms. The van der Waals surface area contributed by atoms with Crippen LogP contribution in [0.4, 0.5) is 5.69 Å². The highest BCUT2D eigenvalue weighted by atomic mass is 79.9. The lowest BCUT2D eigenvalue weighted by Gasteiger charge is -2.07. The van der Waals surface area contributed by atoms with Crippen molar-refractivity contribution in [3.8, 4) is 0 Å². The smallest absolute Gasteiger partial charge is 0.291 e. The van der Waals surface area contributed by atoms with Crippen molar-refractivity contribution in [1.82, 2.24) is 0 Å². The minimum atomic E-state index is -0.239. The summed E-state index contributed by atoms with van der Waals surface area (Å²) in [5.41, 5.74) is 1.93. The molecule has 1 heterocycles. The SMILES string of the molecule is CCc1ccccc1NC(=O)c1ccc(Br)o1. The summed E-state index contributed by atoms with van der Waals surface area (Å²) in [4.78, 5) is 11.9. The first kappa shape index (κ1) is 11.9. The highest BCUT2D eigenvalue weighted by molar-refractivity contribution is 9.10. The maximum atomic E-state index is 11.9. The van der Waals surface area contributed by atoms with Gasteiger partial charge in [-0.05, 0) is 46.1 Å². The summed E-state index contributed by atoms with van der Waals surface area (Å²) in [6.07, 6.45) is 0.873. The number of aryl methyl sites for hydroxylation is 1. The van der Waals surface area contributed by atoms with Gasteiger partial charge in [-0.3, -0.25) is 4.79 Å². The first-order chi connectivity index (χ1) is 8.20. The van der Waals surface area contributed by atoms with Gasteiger partial charge in [0.15, 0.2) is 10.4 Å². The van der Waals surface area contributed by atoms with Gasteiger partial charge in [-0.25, -0.2) is 0 Å². The molecule has 1 amide bonds. The van der Waals surface area contributed by atoms with E-state index in [1.165, 1.54) is 0 Å². The third-order valence-electron chi connectivity index (χ3n) is 2.44. The van der Waals surface area contributed by atoms with Crippen LogP contribution in [0.2, 0.25) is 0 Å². The molecule has 3 nitrogen and oxygen atoms in total. The summed E-state index contributed by atoms with van der Waals surface area (Å²) in [6, 6.07) is 11.1. The molecule has 2 rings (SSSR count). The van der Waals surface area contributed by atoms with E-state index in [4.69, 9.17) is 4.42 Å². The van der Waals surface area contributed by atoms with Crippen molar-refractivity contribution in [2.24, 2.45) is 0 Å². The van der Waals surface area contributed by atoms with Gasteiger partial charge in [0.1, 0.15) is 0 Å². The molecule has 17 heavy (non-hydrogen) atoms. The Bertz CT molecular complexity index is 534. The molecule has 0 fully saturated rings. The molecule has 0 saturated carbocycles. The summed E-state index contributed by atoms with van der Waals surface area (Å²) >= 11 is 3.17. The number of furan rings is 1. The second kappa shape index (κ2) is 5.19. The number of amides is 1. The Morgan fingerprint density at radius 3 is 2.71 bits per heavy atom. The van der Waals surface area contributed by atoms with Gasteiger partial charge in [0.25, 0.3) is 5.91 Å². The number of carbonyl (C=O) groups excluding carboxylic acids is 1. The third kappa shape index (κ3) is 2.77. The molecule has 1 aromatic carbocycles. The second-order valence-electron chi connectivity index (χ2n) is 3.57. The number of carbonyl (C=O) groups is 1. The maximum absolute atomic E-state index is 11.9. The predicted molar refractivity (Wildman–Crippen MR) is 70.2 cm³/mol. The minimum absolute atomic E-state index is 0.239. The summed E-state index contributed by atoms with van der Waals surface area (Å²) < 4.78 is 5.74. The Morgan fingerprint density at radius 2 is 2.06 bits per heavy atom. The fraction of sp³-hybridized carbons (Fsp3) is 0.154. The van der Waals surface area contributed by atoms with Crippen LogP contribution in [0.5, 0.6) is 0 Å². The summed E-state index contributed by atoms with van der Waals surface area (Å²) in [5.74, 6) is 0.0550. The van der Waals surface area contributed by atoms with E-state index >= 15 is 0 Å². The zero-order valence-corrected chi connectivity index (χ0v) is 11.0. The highest BCUT2D eigenvalue weighted by Gasteiger charge is 2.11. The van der Waals surface area contributed by atoms with E-state index in [1.54, 1.807) is 12.1 Å². The molecule has 0 unspecified atom stereocenters. The van der Waals surface area contributed by atoms with Crippen LogP contribution in [0.25, 0.3) is 0 Å². The highest BCUT2D eigenvalue weighted by Crippen LogP contribution is 2.19. The van der Waals surface area contributed by atoms with Crippen LogP contribution < -0.4 is 5.32 Å². The van der Waals surface area contributed by atoms with Gasteiger partial charge < -0.3 is 9.73 Å². The van der Waals surface area contributed by atoms with Gasteiger partial charge in [-0.1, -0.05) is 25.1 Å². The Kier molecular flexibility index (Phi) is 3.64. The number of anilines is 1. The van der Waals surface area contributed by atoms with Crippen LogP contribution in [-0.2, 0) is 6.42 Å². The van der Waals surface area contributed by atoms with Crippen LogP contribution in [-0.4, -0.2) is 5.91 Å². The number of benzene rings is 1. The van der Waals surface area contributed by atoms with Crippen LogP contribution in [0, 0.1) is 0 Å². The lowest BCUT2D eigenvalue weighted by Crippen LogP contribution is -2.12. The van der Waals surface area contributed by atoms with Crippen LogP contribution in [0.1, 0.15) is 23.0 Å². The molecule has 0 aliphatic rings. The van der Waals surface area contributed by atoms with Crippen molar-refractivity contribution in [3.05, 3.63) is 52.4 Å². The molecule has 0 spiro atoms. The average molecular weight is 294 g/mol. The van der Waals surface area contributed by atoms with E-state index in [9.17, 15) is 4.79 Å². The van der Waals surface area contributed by atoms with E-state index < -0.39 is 0 Å². The molecule has 0 aliphatic heterocycles. The average Bonchev–Trinajstić information content (AvgIpc) is 2.77. The van der Waals surface area contributed by atoms with E-state index in [0.29, 0.717) is 10.4 Å². The Labute approximate surface area is 108 Å². The van der Waals surface area contributed by atoms with Crippen molar-refractivity contribution in [1.29, 1.82) is 0 Å². The van der Waals surface area contributed by atoms with E-state index in [1.807, 2.05) is 24.3 Å². The van der Waals surface area contributed by atoms with Crippen molar-refractivity contribution in [2.45, 2.75) is 13.3 Å². The molecule has 0 aliphatic carbocycles. The molecule has 0 bridgehead atoms. The first-order valence-electron chi connectivity index (χ1n) is 5.35. The molecule has 0 atom stereocenters. The molecule has 1 aromatic heterocycles. The van der Waals surface area contributed by atoms with Gasteiger partial charge in [0, 0.05) is 5.69 Å². The predicted octanol–water partition coefficient (Wildman–Crippen LogP) is 3.86. The zero-order valence-electron chi connectivity index (χ0n) is 9.37. The first-order valence-corrected chi connectivity index (χ1v) is 6.14. The second-order valence-corrected chi connectivity index (χ2v) is 4.35. The Morgan fingerprint density at radius 1 is 1.29 bits per heavy atom. The van der Waals surface area contributed by atoms with Gasteiger partial charge in [0.2, 0.25) is 0 Å². The van der Waals surface area contributed by atoms with Gasteiger partial charge >= 0.3 is 0 Å². The molecule has 0 saturated heterocycles. The molecule has 2 aromatic rings. The number of hydrogen-bond donors (Lipinski definition) is 1. The standard InChI is InChI=1S/C13H12BrNO2/c1-2-9-5-3-4-6-10(9)15-13(16)11-7-8-12(14)17-11/h3-8H,2H2,1H3,(H,15,16). The van der Waals surface area contributed by atoms with Crippen molar-refractivity contribution in [3.63, 3.8) is 0 Å². The monoisotopic (exact) mass is 293 g/mol. The molecule has 1 N–H and O–H groups in total. The molecule has 0 radical (unpaired) electrons. The summed E-state index contributed by atoms with van der Waals surface area (Å²) in [7, 11) is 0. The lowest BCUT2D eigenvalue weighted by molar-refractivity contribution is 0.0995. The maximum Gasteiger partial charge on any atom is 0.291 e. The van der Waals surface area contributed by atoms with Crippen molar-refractivity contribution in [2.75, 3.05) is 5.32 Å². The van der Waals surface area contributed by atoms with E-state index in [0.717, 1.165) is 17.7 Å². The van der Waals surface area contributed by atoms with Gasteiger partial charge in [-0.15, -0.1) is 0 Å². The minimum Gasteiger partial charge on any atom is -0.444 e. The van der Waals surface area contributed by atoms with Crippen LogP contribution >= 0.6 is 15.9 Å². The number of rotatable bonds is 3. The largest absolute Gasteiger partial charge is 0.444 e. The van der Waals surface area contributed by atoms with Gasteiger partial charge in [-0.2, -0.15) is 0 Å². The number of hydrogen-bond acceptors (Lipinski definition) is 2. The van der Waals surface area contributed by atoms with Gasteiger partial charge in [0.05, 0.1) is 0 Å². The zero-order chi connectivity index (χ0) is 12.3. The fourth-order valence-corrected chi connectivity index (χ4v) is 1.88. The number of halogens is 1. The summed E-state index contributed by atoms with van der Waals surface area (Å²) in [6.45, 7) is 2.05. The lowest BCUT2D eigenvalue weighted by atomic mass is 10.1. The van der Waals surface area contributed by atoms with Crippen molar-refractivity contribution >= 4 is 27.5 Å². The molecular formula is C13H12BrNO2. The van der Waals surface area contributed by atoms with E-state index in [-0.39, 0.29) is 5.91 Å². The van der Waals surface area contributed by atoms with E-state index in [2.05, 4.69) is 28.2 Å². The Hall–Kier alpha value is -1.55. The van der Waals surface area contributed by atoms with Crippen LogP contribution in [0.3, 0.4) is 0 Å². The molecule has 88 valence electrons. The number of para-hydroxylation sites is 1. The van der Waals surface area contributed by atoms with Crippen molar-refractivity contribution < 1.29 is 9.21 Å². The normalized spacial score (nSPS) is 10.2. The third-order valence-corrected chi connectivity index (χ3v) is 2.87. The topological polar surface area (TPSA) is 42.2 Å². The fourth-order valence-electron chi connectivity index (χ4n) is 1.57. The van der Waals surface area contributed by atoms with Crippen LogP contribution in [0.15, 0.2) is 45.5 Å². The molecular weight excluding hydrogens is 282 g/mol. The Balaban J connectivity index is 2.18. The summed E-state index contributed by atoms with van der Waals surface area (Å²) in [5, 5.41) is 2.84.